The Morgan fingerprint density at radius 3 is 1.79 bits per heavy atom. The van der Waals surface area contributed by atoms with Crippen LogP contribution < -0.4 is 5.32 Å². The van der Waals surface area contributed by atoms with E-state index in [4.69, 9.17) is 26.4 Å². The highest BCUT2D eigenvalue weighted by molar-refractivity contribution is 5.98. The molecule has 5 rings (SSSR count). The molecule has 12 nitrogen and oxygen atoms in total. The maximum absolute atomic E-state index is 8.91. The maximum atomic E-state index is 8.91. The van der Waals surface area contributed by atoms with Gasteiger partial charge in [0.15, 0.2) is 0 Å². The van der Waals surface area contributed by atoms with Crippen LogP contribution in [0.4, 0.5) is 5.95 Å². The molecule has 0 radical (unpaired) electrons. The highest BCUT2D eigenvalue weighted by Crippen LogP contribution is 2.37. The molecule has 308 valence electrons. The van der Waals surface area contributed by atoms with E-state index in [-0.39, 0.29) is 12.8 Å². The summed E-state index contributed by atoms with van der Waals surface area (Å²) in [5.74, 6) is 58.4. The Morgan fingerprint density at radius 2 is 1.32 bits per heavy atom. The van der Waals surface area contributed by atoms with Gasteiger partial charge in [-0.1, -0.05) is 41.4 Å². The van der Waals surface area contributed by atoms with Crippen molar-refractivity contribution in [2.45, 2.75) is 34.2 Å². The van der Waals surface area contributed by atoms with E-state index < -0.39 is 0 Å². The normalized spacial score (nSPS) is 7.98. The number of aryl methyl sites for hydroxylation is 3. The van der Waals surface area contributed by atoms with Gasteiger partial charge in [-0.2, -0.15) is 5.53 Å². The fourth-order valence-corrected chi connectivity index (χ4v) is 4.70. The number of anilines is 1. The number of hydrogen-bond acceptors (Lipinski definition) is 7. The number of aromatic amines is 1. The number of H-pyrrole nitrogens is 1. The van der Waals surface area contributed by atoms with Gasteiger partial charge in [0, 0.05) is 89.2 Å². The van der Waals surface area contributed by atoms with Crippen LogP contribution >= 0.6 is 0 Å². The predicted octanol–water partition coefficient (Wildman–Crippen LogP) is 9.77. The van der Waals surface area contributed by atoms with Gasteiger partial charge in [-0.3, -0.25) is 4.98 Å². The van der Waals surface area contributed by atoms with Gasteiger partial charge < -0.3 is 14.8 Å². The number of pyridine rings is 1. The van der Waals surface area contributed by atoms with E-state index >= 15 is 0 Å². The van der Waals surface area contributed by atoms with Crippen LogP contribution in [0.15, 0.2) is 86.4 Å². The standard InChI is InChI=1S/C25H23N5O.C25H4.HN5O.9H2/c1-15-9-10-26-14-21(15)20-11-19(23-16(2)30-31-17(23)3)12-22-24(20)29-25(28-22)27-13-18-7-5-4-6-8-18;1-3-5-7-9-11-13-15-17-19-21-23-25-24-22-20-18-16-14-12-10-8-6-4-2;1-2-3-4-5-6;;;;;;;;;/h4-12,14H,13H2,1-3H3,(H2,27,28,29);1H,2H3;1H;9*1H/b;;2-1?,4-3+;;;;;;;;;. The Hall–Kier alpha value is -10.4. The first-order valence-corrected chi connectivity index (χ1v) is 17.6. The van der Waals surface area contributed by atoms with E-state index in [1.165, 1.54) is 5.56 Å². The zero-order chi connectivity index (χ0) is 44.5. The first-order chi connectivity index (χ1) is 30.4. The second kappa shape index (κ2) is 28.1. The average Bonchev–Trinajstić information content (AvgIpc) is 3.87. The highest BCUT2D eigenvalue weighted by Gasteiger charge is 2.18. The van der Waals surface area contributed by atoms with Crippen molar-refractivity contribution >= 4 is 17.0 Å². The van der Waals surface area contributed by atoms with Crippen LogP contribution in [0.1, 0.15) is 42.3 Å². The maximum Gasteiger partial charge on any atom is 0.201 e. The van der Waals surface area contributed by atoms with E-state index in [1.807, 2.05) is 55.8 Å². The molecule has 0 bridgehead atoms. The second-order valence-corrected chi connectivity index (χ2v) is 11.1. The molecule has 12 heteroatoms. The summed E-state index contributed by atoms with van der Waals surface area (Å²) >= 11 is 0. The third-order valence-electron chi connectivity index (χ3n) is 7.11. The van der Waals surface area contributed by atoms with Crippen LogP contribution in [0.2, 0.25) is 0 Å². The zero-order valence-corrected chi connectivity index (χ0v) is 33.5. The lowest BCUT2D eigenvalue weighted by atomic mass is 9.95. The fraction of sp³-hybridized carbons (Fsp3) is 0.100. The summed E-state index contributed by atoms with van der Waals surface area (Å²) < 4.78 is 5.42. The molecule has 2 aromatic carbocycles. The summed E-state index contributed by atoms with van der Waals surface area (Å²) in [7, 11) is 0. The molecule has 0 aliphatic rings. The quantitative estimate of drug-likeness (QED) is 0.0639. The van der Waals surface area contributed by atoms with Gasteiger partial charge in [0.05, 0.1) is 16.7 Å². The molecule has 0 aliphatic carbocycles. The van der Waals surface area contributed by atoms with Gasteiger partial charge in [-0.25, -0.2) is 4.98 Å². The molecule has 62 heavy (non-hydrogen) atoms. The van der Waals surface area contributed by atoms with Crippen LogP contribution in [0.3, 0.4) is 0 Å². The Bertz CT molecular complexity index is 3260. The summed E-state index contributed by atoms with van der Waals surface area (Å²) in [6.45, 7) is 8.38. The molecule has 3 aromatic heterocycles. The first kappa shape index (κ1) is 46.0. The highest BCUT2D eigenvalue weighted by atomic mass is 16.5. The van der Waals surface area contributed by atoms with Gasteiger partial charge in [0.1, 0.15) is 11.0 Å². The molecule has 0 saturated carbocycles. The Labute approximate surface area is 373 Å². The van der Waals surface area contributed by atoms with Crippen LogP contribution in [-0.2, 0) is 6.54 Å². The van der Waals surface area contributed by atoms with Crippen molar-refractivity contribution < 1.29 is 17.4 Å². The van der Waals surface area contributed by atoms with Crippen molar-refractivity contribution in [3.8, 4) is 165 Å². The summed E-state index contributed by atoms with van der Waals surface area (Å²) in [5.41, 5.74) is 15.1. The third kappa shape index (κ3) is 16.8. The lowest BCUT2D eigenvalue weighted by Crippen LogP contribution is -2.00. The van der Waals surface area contributed by atoms with E-state index in [1.54, 1.807) is 6.92 Å². The number of nitroso groups, excluding NO2 is 1. The Morgan fingerprint density at radius 1 is 0.758 bits per heavy atom. The summed E-state index contributed by atoms with van der Waals surface area (Å²) in [4.78, 5) is 21.6. The molecule has 5 aromatic rings. The van der Waals surface area contributed by atoms with Gasteiger partial charge >= 0.3 is 0 Å². The summed E-state index contributed by atoms with van der Waals surface area (Å²) in [6.07, 6.45) is 8.62. The molecule has 0 aliphatic heterocycles. The topological polar surface area (TPSA) is 170 Å². The molecule has 0 saturated heterocycles. The molecule has 3 N–H and O–H groups in total. The minimum atomic E-state index is 0. The lowest BCUT2D eigenvalue weighted by Gasteiger charge is -2.09. The minimum absolute atomic E-state index is 0. The Kier molecular flexibility index (Phi) is 20.8. The zero-order valence-electron chi connectivity index (χ0n) is 33.5. The van der Waals surface area contributed by atoms with Gasteiger partial charge in [0.25, 0.3) is 0 Å². The van der Waals surface area contributed by atoms with Crippen molar-refractivity contribution in [1.82, 2.24) is 20.1 Å². The van der Waals surface area contributed by atoms with Crippen molar-refractivity contribution in [3.63, 3.8) is 0 Å². The molecule has 0 spiro atoms. The Balaban J connectivity index is -0.000000189. The number of hydrogen-bond donors (Lipinski definition) is 3. The van der Waals surface area contributed by atoms with Crippen molar-refractivity contribution in [1.29, 1.82) is 5.53 Å². The van der Waals surface area contributed by atoms with Crippen molar-refractivity contribution in [2.24, 2.45) is 21.0 Å². The molecule has 0 atom stereocenters. The molecular formula is C50H46N10O2. The summed E-state index contributed by atoms with van der Waals surface area (Å²) in [5, 5.41) is 16.8. The second-order valence-electron chi connectivity index (χ2n) is 11.1. The lowest BCUT2D eigenvalue weighted by molar-refractivity contribution is 0.393. The molecular weight excluding hydrogens is 773 g/mol. The molecule has 0 unspecified atom stereocenters. The molecule has 0 amide bonds. The van der Waals surface area contributed by atoms with Crippen molar-refractivity contribution in [2.75, 3.05) is 5.32 Å². The third-order valence-corrected chi connectivity index (χ3v) is 7.11. The summed E-state index contributed by atoms with van der Waals surface area (Å²) in [6, 6.07) is 16.6. The SMILES string of the molecule is C#CC#CC#CC#CC#CC#CC#CC#CC#CC#CC#CC#CC.Cc1ccncc1-c1cc(-c2c(C)noc2C)cc2[nH]c(NCc3ccccc3)nc12.N=N/N=N/N=O.[HH].[HH].[HH].[HH].[HH].[HH].[HH].[HH].[HH]. The average molecular weight is 819 g/mol. The van der Waals surface area contributed by atoms with E-state index in [9.17, 15) is 0 Å². The predicted molar refractivity (Wildman–Crippen MR) is 258 cm³/mol. The van der Waals surface area contributed by atoms with E-state index in [0.29, 0.717) is 6.54 Å². The van der Waals surface area contributed by atoms with Gasteiger partial charge in [-0.05, 0) is 168 Å². The van der Waals surface area contributed by atoms with Gasteiger partial charge in [-0.15, -0.1) is 11.3 Å². The number of nitrogens with one attached hydrogen (secondary N) is 3. The van der Waals surface area contributed by atoms with Crippen LogP contribution in [0, 0.1) is 174 Å². The van der Waals surface area contributed by atoms with Crippen LogP contribution in [0.5, 0.6) is 0 Å². The number of fused-ring (bicyclic) bond motifs is 1. The monoisotopic (exact) mass is 818 g/mol. The number of benzene rings is 2. The van der Waals surface area contributed by atoms with Gasteiger partial charge in [0.2, 0.25) is 5.95 Å². The fourth-order valence-electron chi connectivity index (χ4n) is 4.70. The largest absolute Gasteiger partial charge is 0.361 e. The van der Waals surface area contributed by atoms with Crippen molar-refractivity contribution in [3.05, 3.63) is 88.4 Å². The number of rotatable bonds is 7. The first-order valence-electron chi connectivity index (χ1n) is 17.6. The number of imidazole rings is 1. The van der Waals surface area contributed by atoms with E-state index in [2.05, 4.69) is 203 Å². The van der Waals surface area contributed by atoms with Crippen LogP contribution in [-0.4, -0.2) is 20.1 Å². The van der Waals surface area contributed by atoms with E-state index in [0.717, 1.165) is 56.3 Å². The minimum Gasteiger partial charge on any atom is -0.361 e. The molecule has 3 heterocycles. The number of nitrogens with zero attached hydrogens (tertiary/aromatic N) is 7. The van der Waals surface area contributed by atoms with Crippen LogP contribution in [0.25, 0.3) is 33.3 Å². The molecule has 0 fully saturated rings. The number of terminal acetylenes is 1. The smallest absolute Gasteiger partial charge is 0.201 e. The number of aromatic nitrogens is 4.